The molecule has 1 rings (SSSR count). The standard InChI is InChI=1S/C10H16ClNS/c1-7(2)10(8(3)11)4-9-5-12-6-13-9/h5-8,10H,4H2,1-3H3. The average molecular weight is 218 g/mol. The molecule has 0 aromatic carbocycles. The van der Waals surface area contributed by atoms with Crippen LogP contribution >= 0.6 is 22.9 Å². The minimum atomic E-state index is 0.238. The summed E-state index contributed by atoms with van der Waals surface area (Å²) in [6.07, 6.45) is 3.01. The van der Waals surface area contributed by atoms with E-state index in [-0.39, 0.29) is 5.38 Å². The Morgan fingerprint density at radius 2 is 2.15 bits per heavy atom. The van der Waals surface area contributed by atoms with Crippen LogP contribution in [0.15, 0.2) is 11.7 Å². The predicted molar refractivity (Wildman–Crippen MR) is 59.5 cm³/mol. The molecule has 0 amide bonds. The summed E-state index contributed by atoms with van der Waals surface area (Å²) in [6.45, 7) is 6.53. The Labute approximate surface area is 89.1 Å². The topological polar surface area (TPSA) is 12.9 Å². The van der Waals surface area contributed by atoms with Gasteiger partial charge >= 0.3 is 0 Å². The maximum atomic E-state index is 6.14. The number of aromatic nitrogens is 1. The third-order valence-electron chi connectivity index (χ3n) is 2.37. The Morgan fingerprint density at radius 3 is 2.54 bits per heavy atom. The maximum Gasteiger partial charge on any atom is 0.0794 e. The largest absolute Gasteiger partial charge is 0.253 e. The van der Waals surface area contributed by atoms with Crippen LogP contribution in [0.3, 0.4) is 0 Å². The number of thiazole rings is 1. The Morgan fingerprint density at radius 1 is 1.46 bits per heavy atom. The SMILES string of the molecule is CC(C)C(Cc1cncs1)C(C)Cl. The molecular formula is C10H16ClNS. The Hall–Kier alpha value is -0.0800. The van der Waals surface area contributed by atoms with Gasteiger partial charge in [-0.25, -0.2) is 0 Å². The predicted octanol–water partition coefficient (Wildman–Crippen LogP) is 3.59. The van der Waals surface area contributed by atoms with E-state index in [0.29, 0.717) is 11.8 Å². The first-order valence-electron chi connectivity index (χ1n) is 4.62. The smallest absolute Gasteiger partial charge is 0.0794 e. The van der Waals surface area contributed by atoms with Gasteiger partial charge in [0.2, 0.25) is 0 Å². The monoisotopic (exact) mass is 217 g/mol. The molecule has 0 radical (unpaired) electrons. The summed E-state index contributed by atoms with van der Waals surface area (Å²) >= 11 is 7.86. The third kappa shape index (κ3) is 3.28. The second kappa shape index (κ2) is 4.97. The molecule has 0 fully saturated rings. The minimum absolute atomic E-state index is 0.238. The molecule has 0 saturated carbocycles. The summed E-state index contributed by atoms with van der Waals surface area (Å²) in [5, 5.41) is 0.238. The van der Waals surface area contributed by atoms with E-state index in [4.69, 9.17) is 11.6 Å². The average Bonchev–Trinajstić information content (AvgIpc) is 2.50. The zero-order chi connectivity index (χ0) is 9.84. The summed E-state index contributed by atoms with van der Waals surface area (Å²) in [4.78, 5) is 5.41. The maximum absolute atomic E-state index is 6.14. The van der Waals surface area contributed by atoms with E-state index in [0.717, 1.165) is 6.42 Å². The first-order chi connectivity index (χ1) is 6.11. The van der Waals surface area contributed by atoms with Crippen LogP contribution < -0.4 is 0 Å². The molecule has 1 nitrogen and oxygen atoms in total. The van der Waals surface area contributed by atoms with Crippen molar-refractivity contribution in [2.45, 2.75) is 32.6 Å². The molecular weight excluding hydrogens is 202 g/mol. The first kappa shape index (κ1) is 11.0. The molecule has 74 valence electrons. The molecule has 0 aliphatic heterocycles. The van der Waals surface area contributed by atoms with Gasteiger partial charge in [-0.15, -0.1) is 22.9 Å². The van der Waals surface area contributed by atoms with Crippen molar-refractivity contribution in [2.75, 3.05) is 0 Å². The molecule has 1 aromatic rings. The van der Waals surface area contributed by atoms with Gasteiger partial charge in [0.05, 0.1) is 5.51 Å². The van der Waals surface area contributed by atoms with Crippen molar-refractivity contribution in [3.05, 3.63) is 16.6 Å². The normalized spacial score (nSPS) is 16.1. The van der Waals surface area contributed by atoms with Crippen LogP contribution in [0.25, 0.3) is 0 Å². The highest BCUT2D eigenvalue weighted by Gasteiger charge is 2.19. The van der Waals surface area contributed by atoms with Gasteiger partial charge in [0.25, 0.3) is 0 Å². The fourth-order valence-corrected chi connectivity index (χ4v) is 2.55. The van der Waals surface area contributed by atoms with Gasteiger partial charge in [-0.3, -0.25) is 4.98 Å². The van der Waals surface area contributed by atoms with Gasteiger partial charge in [0.1, 0.15) is 0 Å². The quantitative estimate of drug-likeness (QED) is 0.703. The summed E-state index contributed by atoms with van der Waals surface area (Å²) in [5.74, 6) is 1.19. The van der Waals surface area contributed by atoms with Crippen molar-refractivity contribution in [3.63, 3.8) is 0 Å². The Bertz CT molecular complexity index is 223. The van der Waals surface area contributed by atoms with Crippen LogP contribution in [0.4, 0.5) is 0 Å². The summed E-state index contributed by atoms with van der Waals surface area (Å²) in [7, 11) is 0. The molecule has 0 aliphatic carbocycles. The van der Waals surface area contributed by atoms with Crippen LogP contribution in [-0.2, 0) is 6.42 Å². The highest BCUT2D eigenvalue weighted by Crippen LogP contribution is 2.25. The lowest BCUT2D eigenvalue weighted by Gasteiger charge is -2.22. The molecule has 2 atom stereocenters. The second-order valence-electron chi connectivity index (χ2n) is 3.76. The zero-order valence-corrected chi connectivity index (χ0v) is 9.90. The fourth-order valence-electron chi connectivity index (χ4n) is 1.50. The number of hydrogen-bond donors (Lipinski definition) is 0. The molecule has 1 heterocycles. The summed E-state index contributed by atoms with van der Waals surface area (Å²) in [6, 6.07) is 0. The van der Waals surface area contributed by atoms with Gasteiger partial charge < -0.3 is 0 Å². The molecule has 0 saturated heterocycles. The number of hydrogen-bond acceptors (Lipinski definition) is 2. The molecule has 2 unspecified atom stereocenters. The number of alkyl halides is 1. The van der Waals surface area contributed by atoms with E-state index < -0.39 is 0 Å². The van der Waals surface area contributed by atoms with Crippen molar-refractivity contribution in [1.82, 2.24) is 4.98 Å². The number of nitrogens with zero attached hydrogens (tertiary/aromatic N) is 1. The van der Waals surface area contributed by atoms with Crippen LogP contribution in [0.5, 0.6) is 0 Å². The highest BCUT2D eigenvalue weighted by molar-refractivity contribution is 7.09. The minimum Gasteiger partial charge on any atom is -0.253 e. The van der Waals surface area contributed by atoms with Crippen LogP contribution in [-0.4, -0.2) is 10.4 Å². The van der Waals surface area contributed by atoms with Crippen LogP contribution in [0, 0.1) is 11.8 Å². The molecule has 0 bridgehead atoms. The highest BCUT2D eigenvalue weighted by atomic mass is 35.5. The third-order valence-corrected chi connectivity index (χ3v) is 3.49. The van der Waals surface area contributed by atoms with Crippen LogP contribution in [0.1, 0.15) is 25.6 Å². The fraction of sp³-hybridized carbons (Fsp3) is 0.700. The van der Waals surface area contributed by atoms with Gasteiger partial charge in [0.15, 0.2) is 0 Å². The lowest BCUT2D eigenvalue weighted by molar-refractivity contribution is 0.378. The van der Waals surface area contributed by atoms with Crippen molar-refractivity contribution in [3.8, 4) is 0 Å². The van der Waals surface area contributed by atoms with Gasteiger partial charge in [-0.1, -0.05) is 13.8 Å². The molecule has 1 aromatic heterocycles. The molecule has 0 N–H and O–H groups in total. The van der Waals surface area contributed by atoms with Crippen molar-refractivity contribution < 1.29 is 0 Å². The van der Waals surface area contributed by atoms with Crippen molar-refractivity contribution >= 4 is 22.9 Å². The lowest BCUT2D eigenvalue weighted by Crippen LogP contribution is -2.20. The second-order valence-corrected chi connectivity index (χ2v) is 5.42. The van der Waals surface area contributed by atoms with E-state index in [2.05, 4.69) is 25.8 Å². The van der Waals surface area contributed by atoms with E-state index in [1.807, 2.05) is 11.7 Å². The van der Waals surface area contributed by atoms with Gasteiger partial charge in [0, 0.05) is 16.5 Å². The van der Waals surface area contributed by atoms with Gasteiger partial charge in [-0.05, 0) is 25.2 Å². The Kier molecular flexibility index (Phi) is 4.20. The lowest BCUT2D eigenvalue weighted by atomic mass is 9.89. The summed E-state index contributed by atoms with van der Waals surface area (Å²) in [5.41, 5.74) is 1.88. The number of rotatable bonds is 4. The van der Waals surface area contributed by atoms with E-state index in [1.54, 1.807) is 11.3 Å². The van der Waals surface area contributed by atoms with Crippen LogP contribution in [0.2, 0.25) is 0 Å². The molecule has 0 aliphatic rings. The molecule has 3 heteroatoms. The zero-order valence-electron chi connectivity index (χ0n) is 8.33. The van der Waals surface area contributed by atoms with E-state index >= 15 is 0 Å². The Balaban J connectivity index is 2.58. The summed E-state index contributed by atoms with van der Waals surface area (Å²) < 4.78 is 0. The molecule has 0 spiro atoms. The number of halogens is 1. The van der Waals surface area contributed by atoms with Crippen molar-refractivity contribution in [1.29, 1.82) is 0 Å². The van der Waals surface area contributed by atoms with Crippen molar-refractivity contribution in [2.24, 2.45) is 11.8 Å². The molecule has 13 heavy (non-hydrogen) atoms. The van der Waals surface area contributed by atoms with E-state index in [1.165, 1.54) is 4.88 Å². The van der Waals surface area contributed by atoms with Gasteiger partial charge in [-0.2, -0.15) is 0 Å². The van der Waals surface area contributed by atoms with E-state index in [9.17, 15) is 0 Å². The first-order valence-corrected chi connectivity index (χ1v) is 5.94.